The Morgan fingerprint density at radius 3 is 2.47 bits per heavy atom. The van der Waals surface area contributed by atoms with Gasteiger partial charge < -0.3 is 5.32 Å². The lowest BCUT2D eigenvalue weighted by atomic mass is 9.66. The van der Waals surface area contributed by atoms with Crippen LogP contribution in [0.25, 0.3) is 0 Å². The molecule has 0 saturated heterocycles. The Hall–Kier alpha value is -2.24. The second-order valence-electron chi connectivity index (χ2n) is 4.46. The number of nitrogens with one attached hydrogen (secondary N) is 1. The van der Waals surface area contributed by atoms with Crippen molar-refractivity contribution in [1.82, 2.24) is 5.32 Å². The van der Waals surface area contributed by atoms with E-state index in [1.54, 1.807) is 19.1 Å². The molecular formula is C14H11N3OS. The second-order valence-corrected chi connectivity index (χ2v) is 4.90. The van der Waals surface area contributed by atoms with Gasteiger partial charge in [0.05, 0.1) is 28.2 Å². The van der Waals surface area contributed by atoms with Crippen molar-refractivity contribution in [1.29, 1.82) is 10.5 Å². The Morgan fingerprint density at radius 2 is 1.95 bits per heavy atom. The highest BCUT2D eigenvalue weighted by Crippen LogP contribution is 2.43. The third-order valence-electron chi connectivity index (χ3n) is 3.45. The van der Waals surface area contributed by atoms with Gasteiger partial charge in [-0.3, -0.25) is 4.79 Å². The van der Waals surface area contributed by atoms with Gasteiger partial charge in [-0.15, -0.1) is 12.6 Å². The fourth-order valence-electron chi connectivity index (χ4n) is 2.36. The summed E-state index contributed by atoms with van der Waals surface area (Å²) in [6.45, 7) is 1.73. The predicted molar refractivity (Wildman–Crippen MR) is 72.7 cm³/mol. The van der Waals surface area contributed by atoms with Crippen LogP contribution in [0.15, 0.2) is 40.9 Å². The second kappa shape index (κ2) is 4.79. The molecule has 5 heteroatoms. The number of thiol groups is 1. The van der Waals surface area contributed by atoms with E-state index in [2.05, 4.69) is 24.0 Å². The lowest BCUT2D eigenvalue weighted by Gasteiger charge is -2.37. The Labute approximate surface area is 116 Å². The van der Waals surface area contributed by atoms with Gasteiger partial charge in [0, 0.05) is 0 Å². The molecule has 1 aromatic rings. The van der Waals surface area contributed by atoms with Crippen LogP contribution in [0.3, 0.4) is 0 Å². The summed E-state index contributed by atoms with van der Waals surface area (Å²) >= 11 is 4.15. The molecule has 19 heavy (non-hydrogen) atoms. The molecule has 0 fully saturated rings. The molecular weight excluding hydrogens is 258 g/mol. The van der Waals surface area contributed by atoms with Gasteiger partial charge in [-0.2, -0.15) is 10.5 Å². The molecule has 1 aliphatic heterocycles. The number of hydrogen-bond acceptors (Lipinski definition) is 4. The van der Waals surface area contributed by atoms with E-state index in [-0.39, 0.29) is 5.03 Å². The van der Waals surface area contributed by atoms with Crippen LogP contribution < -0.4 is 5.32 Å². The van der Waals surface area contributed by atoms with Crippen molar-refractivity contribution in [2.24, 2.45) is 5.92 Å². The molecule has 1 aliphatic rings. The lowest BCUT2D eigenvalue weighted by Crippen LogP contribution is -2.48. The van der Waals surface area contributed by atoms with E-state index in [0.717, 1.165) is 5.56 Å². The number of rotatable bonds is 1. The van der Waals surface area contributed by atoms with Gasteiger partial charge in [0.1, 0.15) is 5.92 Å². The average molecular weight is 269 g/mol. The number of nitriles is 2. The van der Waals surface area contributed by atoms with Crippen molar-refractivity contribution >= 4 is 18.5 Å². The number of allylic oxidation sites excluding steroid dienone is 1. The SMILES string of the molecule is C[C@@]1(c2ccccc2)C(C#N)=C(S)NC(=O)[C@H]1C#N. The largest absolute Gasteiger partial charge is 0.319 e. The van der Waals surface area contributed by atoms with Crippen molar-refractivity contribution in [2.45, 2.75) is 12.3 Å². The van der Waals surface area contributed by atoms with Gasteiger partial charge in [0.2, 0.25) is 5.91 Å². The van der Waals surface area contributed by atoms with Crippen LogP contribution in [0.2, 0.25) is 0 Å². The molecule has 94 valence electrons. The first-order chi connectivity index (χ1) is 9.05. The molecule has 1 amide bonds. The Morgan fingerprint density at radius 1 is 1.32 bits per heavy atom. The van der Waals surface area contributed by atoms with Crippen LogP contribution >= 0.6 is 12.6 Å². The molecule has 1 N–H and O–H groups in total. The van der Waals surface area contributed by atoms with E-state index in [0.29, 0.717) is 5.57 Å². The zero-order valence-electron chi connectivity index (χ0n) is 10.2. The van der Waals surface area contributed by atoms with Crippen LogP contribution in [0.4, 0.5) is 0 Å². The summed E-state index contributed by atoms with van der Waals surface area (Å²) in [7, 11) is 0. The Balaban J connectivity index is 2.74. The fraction of sp³-hybridized carbons (Fsp3) is 0.214. The highest BCUT2D eigenvalue weighted by molar-refractivity contribution is 7.84. The molecule has 0 bridgehead atoms. The molecule has 0 saturated carbocycles. The molecule has 0 unspecified atom stereocenters. The molecule has 1 aromatic carbocycles. The monoisotopic (exact) mass is 269 g/mol. The van der Waals surface area contributed by atoms with Gasteiger partial charge in [-0.05, 0) is 12.5 Å². The molecule has 0 spiro atoms. The summed E-state index contributed by atoms with van der Waals surface area (Å²) < 4.78 is 0. The van der Waals surface area contributed by atoms with Crippen molar-refractivity contribution < 1.29 is 4.79 Å². The predicted octanol–water partition coefficient (Wildman–Crippen LogP) is 1.88. The van der Waals surface area contributed by atoms with E-state index in [1.165, 1.54) is 0 Å². The number of hydrogen-bond donors (Lipinski definition) is 2. The zero-order chi connectivity index (χ0) is 14.0. The van der Waals surface area contributed by atoms with E-state index in [4.69, 9.17) is 0 Å². The number of benzene rings is 1. The first-order valence-electron chi connectivity index (χ1n) is 5.65. The number of nitrogens with zero attached hydrogens (tertiary/aromatic N) is 2. The Kier molecular flexibility index (Phi) is 3.33. The van der Waals surface area contributed by atoms with Crippen LogP contribution in [0, 0.1) is 28.6 Å². The first kappa shape index (κ1) is 13.2. The van der Waals surface area contributed by atoms with Crippen molar-refractivity contribution in [3.05, 3.63) is 46.5 Å². The maximum atomic E-state index is 12.0. The minimum Gasteiger partial charge on any atom is -0.319 e. The molecule has 0 aromatic heterocycles. The highest BCUT2D eigenvalue weighted by atomic mass is 32.1. The van der Waals surface area contributed by atoms with Crippen molar-refractivity contribution in [2.75, 3.05) is 0 Å². The summed E-state index contributed by atoms with van der Waals surface area (Å²) in [6.07, 6.45) is 0. The topological polar surface area (TPSA) is 76.7 Å². The summed E-state index contributed by atoms with van der Waals surface area (Å²) in [4.78, 5) is 12.0. The normalized spacial score (nSPS) is 26.3. The minimum absolute atomic E-state index is 0.213. The number of carbonyl (C=O) groups is 1. The summed E-state index contributed by atoms with van der Waals surface area (Å²) in [5.41, 5.74) is 0.0668. The summed E-state index contributed by atoms with van der Waals surface area (Å²) in [6, 6.07) is 13.1. The molecule has 4 nitrogen and oxygen atoms in total. The van der Waals surface area contributed by atoms with E-state index >= 15 is 0 Å². The zero-order valence-corrected chi connectivity index (χ0v) is 11.1. The van der Waals surface area contributed by atoms with E-state index in [1.807, 2.05) is 24.3 Å². The van der Waals surface area contributed by atoms with Gasteiger partial charge in [-0.25, -0.2) is 0 Å². The van der Waals surface area contributed by atoms with Gasteiger partial charge in [0.15, 0.2) is 0 Å². The van der Waals surface area contributed by atoms with Crippen LogP contribution in [-0.4, -0.2) is 5.91 Å². The maximum absolute atomic E-state index is 12.0. The molecule has 1 heterocycles. The van der Waals surface area contributed by atoms with E-state index < -0.39 is 17.2 Å². The molecule has 2 atom stereocenters. The van der Waals surface area contributed by atoms with Crippen molar-refractivity contribution in [3.63, 3.8) is 0 Å². The molecule has 0 aliphatic carbocycles. The smallest absolute Gasteiger partial charge is 0.243 e. The maximum Gasteiger partial charge on any atom is 0.243 e. The third-order valence-corrected chi connectivity index (χ3v) is 3.79. The highest BCUT2D eigenvalue weighted by Gasteiger charge is 2.48. The van der Waals surface area contributed by atoms with Gasteiger partial charge in [0.25, 0.3) is 0 Å². The quantitative estimate of drug-likeness (QED) is 0.764. The van der Waals surface area contributed by atoms with Crippen molar-refractivity contribution in [3.8, 4) is 12.1 Å². The third kappa shape index (κ3) is 1.89. The first-order valence-corrected chi connectivity index (χ1v) is 6.10. The molecule has 2 rings (SSSR count). The number of carbonyl (C=O) groups excluding carboxylic acids is 1. The van der Waals surface area contributed by atoms with E-state index in [9.17, 15) is 15.3 Å². The number of amides is 1. The van der Waals surface area contributed by atoms with Gasteiger partial charge >= 0.3 is 0 Å². The molecule has 0 radical (unpaired) electrons. The Bertz CT molecular complexity index is 639. The summed E-state index contributed by atoms with van der Waals surface area (Å²) in [5.74, 6) is -1.39. The lowest BCUT2D eigenvalue weighted by molar-refractivity contribution is -0.124. The van der Waals surface area contributed by atoms with Crippen LogP contribution in [-0.2, 0) is 10.2 Å². The van der Waals surface area contributed by atoms with Crippen LogP contribution in [0.5, 0.6) is 0 Å². The average Bonchev–Trinajstić information content (AvgIpc) is 2.40. The summed E-state index contributed by atoms with van der Waals surface area (Å²) in [5, 5.41) is 21.3. The minimum atomic E-state index is -0.982. The standard InChI is InChI=1S/C14H11N3OS/c1-14(9-5-3-2-4-6-9)10(7-15)12(18)17-13(19)11(14)8-16/h2-6,10,19H,1H3,(H,17,18)/t10-,14+/m1/s1. The van der Waals surface area contributed by atoms with Crippen LogP contribution in [0.1, 0.15) is 12.5 Å². The van der Waals surface area contributed by atoms with Gasteiger partial charge in [-0.1, -0.05) is 30.3 Å². The fourth-order valence-corrected chi connectivity index (χ4v) is 2.75.